The van der Waals surface area contributed by atoms with Crippen LogP contribution in [0, 0.1) is 5.92 Å². The largest absolute Gasteiger partial charge is 0.389 e. The van der Waals surface area contributed by atoms with Crippen LogP contribution in [0.5, 0.6) is 0 Å². The average Bonchev–Trinajstić information content (AvgIpc) is 2.48. The van der Waals surface area contributed by atoms with Crippen molar-refractivity contribution in [3.8, 4) is 0 Å². The summed E-state index contributed by atoms with van der Waals surface area (Å²) < 4.78 is 0. The van der Waals surface area contributed by atoms with Crippen molar-refractivity contribution in [2.45, 2.75) is 56.1 Å². The zero-order valence-corrected chi connectivity index (χ0v) is 13.7. The Hall–Kier alpha value is -0.510. The summed E-state index contributed by atoms with van der Waals surface area (Å²) in [5, 5.41) is 14.1. The number of hydrogen-bond acceptors (Lipinski definition) is 3. The van der Waals surface area contributed by atoms with Crippen LogP contribution in [-0.2, 0) is 0 Å². The minimum atomic E-state index is -0.500. The van der Waals surface area contributed by atoms with Crippen molar-refractivity contribution in [2.75, 3.05) is 12.8 Å². The number of rotatable bonds is 5. The van der Waals surface area contributed by atoms with Crippen LogP contribution < -0.4 is 5.32 Å². The Morgan fingerprint density at radius 1 is 1.30 bits per heavy atom. The van der Waals surface area contributed by atoms with Gasteiger partial charge in [0.05, 0.1) is 5.60 Å². The Morgan fingerprint density at radius 2 is 1.90 bits per heavy atom. The van der Waals surface area contributed by atoms with Gasteiger partial charge in [-0.25, -0.2) is 0 Å². The lowest BCUT2D eigenvalue weighted by atomic mass is 9.79. The summed E-state index contributed by atoms with van der Waals surface area (Å²) in [5.41, 5.74) is 0.788. The van der Waals surface area contributed by atoms with E-state index in [-0.39, 0.29) is 6.04 Å². The molecule has 1 atom stereocenters. The Morgan fingerprint density at radius 3 is 2.45 bits per heavy atom. The molecule has 1 fully saturated rings. The number of aliphatic hydroxyl groups is 1. The van der Waals surface area contributed by atoms with Crippen LogP contribution in [0.2, 0.25) is 0 Å². The molecule has 1 unspecified atom stereocenters. The maximum Gasteiger partial charge on any atom is 0.0772 e. The molecule has 0 heterocycles. The third-order valence-electron chi connectivity index (χ3n) is 4.56. The molecule has 2 rings (SSSR count). The van der Waals surface area contributed by atoms with E-state index in [1.54, 1.807) is 11.8 Å². The normalized spacial score (nSPS) is 28.3. The van der Waals surface area contributed by atoms with Crippen molar-refractivity contribution in [2.24, 2.45) is 5.92 Å². The van der Waals surface area contributed by atoms with Crippen molar-refractivity contribution < 1.29 is 5.11 Å². The topological polar surface area (TPSA) is 32.3 Å². The van der Waals surface area contributed by atoms with Crippen LogP contribution in [0.3, 0.4) is 0 Å². The van der Waals surface area contributed by atoms with Crippen LogP contribution >= 0.6 is 11.8 Å². The third kappa shape index (κ3) is 4.24. The lowest BCUT2D eigenvalue weighted by molar-refractivity contribution is -0.00783. The molecule has 112 valence electrons. The van der Waals surface area contributed by atoms with E-state index in [4.69, 9.17) is 0 Å². The van der Waals surface area contributed by atoms with E-state index in [1.165, 1.54) is 10.5 Å². The lowest BCUT2D eigenvalue weighted by Gasteiger charge is -2.36. The molecule has 0 aliphatic heterocycles. The third-order valence-corrected chi connectivity index (χ3v) is 5.30. The van der Waals surface area contributed by atoms with Crippen LogP contribution in [0.4, 0.5) is 0 Å². The first-order valence-corrected chi connectivity index (χ1v) is 8.84. The summed E-state index contributed by atoms with van der Waals surface area (Å²) >= 11 is 1.76. The fourth-order valence-corrected chi connectivity index (χ4v) is 3.24. The fraction of sp³-hybridized carbons (Fsp3) is 0.647. The molecule has 1 aromatic carbocycles. The van der Waals surface area contributed by atoms with Crippen molar-refractivity contribution in [1.29, 1.82) is 0 Å². The van der Waals surface area contributed by atoms with Gasteiger partial charge in [0.2, 0.25) is 0 Å². The van der Waals surface area contributed by atoms with Gasteiger partial charge in [0, 0.05) is 17.5 Å². The lowest BCUT2D eigenvalue weighted by Crippen LogP contribution is -2.44. The molecule has 0 amide bonds. The monoisotopic (exact) mass is 293 g/mol. The van der Waals surface area contributed by atoms with Gasteiger partial charge >= 0.3 is 0 Å². The second-order valence-corrected chi connectivity index (χ2v) is 7.16. The van der Waals surface area contributed by atoms with Crippen molar-refractivity contribution in [3.63, 3.8) is 0 Å². The molecule has 0 bridgehead atoms. The van der Waals surface area contributed by atoms with Gasteiger partial charge in [0.1, 0.15) is 0 Å². The maximum atomic E-state index is 10.6. The molecular weight excluding hydrogens is 266 g/mol. The molecule has 3 heteroatoms. The zero-order chi connectivity index (χ0) is 14.6. The number of nitrogens with one attached hydrogen (secondary N) is 1. The first-order chi connectivity index (χ1) is 9.52. The summed E-state index contributed by atoms with van der Waals surface area (Å²) in [7, 11) is 0. The predicted molar refractivity (Wildman–Crippen MR) is 87.2 cm³/mol. The van der Waals surface area contributed by atoms with Gasteiger partial charge in [-0.2, -0.15) is 0 Å². The SMILES string of the molecule is CSc1ccc(C(C)NCC2(O)CCC(C)CC2)cc1. The molecule has 1 saturated carbocycles. The van der Waals surface area contributed by atoms with Crippen molar-refractivity contribution in [3.05, 3.63) is 29.8 Å². The highest BCUT2D eigenvalue weighted by atomic mass is 32.2. The summed E-state index contributed by atoms with van der Waals surface area (Å²) in [4.78, 5) is 1.29. The van der Waals surface area contributed by atoms with E-state index in [2.05, 4.69) is 49.7 Å². The van der Waals surface area contributed by atoms with E-state index in [0.717, 1.165) is 31.6 Å². The standard InChI is InChI=1S/C17H27NOS/c1-13-8-10-17(19,11-9-13)12-18-14(2)15-4-6-16(20-3)7-5-15/h4-7,13-14,18-19H,8-12H2,1-3H3. The van der Waals surface area contributed by atoms with Gasteiger partial charge in [-0.05, 0) is 62.5 Å². The number of benzene rings is 1. The van der Waals surface area contributed by atoms with Gasteiger partial charge in [0.15, 0.2) is 0 Å². The molecular formula is C17H27NOS. The molecule has 0 aromatic heterocycles. The Bertz CT molecular complexity index is 410. The molecule has 0 saturated heterocycles. The highest BCUT2D eigenvalue weighted by molar-refractivity contribution is 7.98. The average molecular weight is 293 g/mol. The van der Waals surface area contributed by atoms with E-state index in [9.17, 15) is 5.11 Å². The van der Waals surface area contributed by atoms with Gasteiger partial charge in [0.25, 0.3) is 0 Å². The predicted octanol–water partition coefficient (Wildman–Crippen LogP) is 4.00. The van der Waals surface area contributed by atoms with Gasteiger partial charge in [-0.1, -0.05) is 19.1 Å². The highest BCUT2D eigenvalue weighted by Gasteiger charge is 2.31. The number of hydrogen-bond donors (Lipinski definition) is 2. The minimum absolute atomic E-state index is 0.286. The molecule has 2 nitrogen and oxygen atoms in total. The summed E-state index contributed by atoms with van der Waals surface area (Å²) in [6.07, 6.45) is 6.25. The Balaban J connectivity index is 1.86. The molecule has 1 aromatic rings. The highest BCUT2D eigenvalue weighted by Crippen LogP contribution is 2.31. The van der Waals surface area contributed by atoms with E-state index < -0.39 is 5.60 Å². The van der Waals surface area contributed by atoms with Crippen molar-refractivity contribution in [1.82, 2.24) is 5.32 Å². The molecule has 0 radical (unpaired) electrons. The van der Waals surface area contributed by atoms with Crippen LogP contribution in [0.1, 0.15) is 51.1 Å². The summed E-state index contributed by atoms with van der Waals surface area (Å²) in [5.74, 6) is 0.770. The Labute approximate surface area is 127 Å². The van der Waals surface area contributed by atoms with E-state index >= 15 is 0 Å². The summed E-state index contributed by atoms with van der Waals surface area (Å²) in [6.45, 7) is 5.15. The second-order valence-electron chi connectivity index (χ2n) is 6.28. The molecule has 0 spiro atoms. The van der Waals surface area contributed by atoms with Crippen molar-refractivity contribution >= 4 is 11.8 Å². The van der Waals surface area contributed by atoms with Crippen LogP contribution in [-0.4, -0.2) is 23.5 Å². The second kappa shape index (κ2) is 6.97. The molecule has 2 N–H and O–H groups in total. The van der Waals surface area contributed by atoms with Gasteiger partial charge < -0.3 is 10.4 Å². The molecule has 1 aliphatic rings. The minimum Gasteiger partial charge on any atom is -0.389 e. The smallest absolute Gasteiger partial charge is 0.0772 e. The van der Waals surface area contributed by atoms with Gasteiger partial charge in [-0.3, -0.25) is 0 Å². The first kappa shape index (κ1) is 15.9. The molecule has 1 aliphatic carbocycles. The first-order valence-electron chi connectivity index (χ1n) is 7.62. The van der Waals surface area contributed by atoms with E-state index in [1.807, 2.05) is 0 Å². The van der Waals surface area contributed by atoms with Crippen LogP contribution in [0.25, 0.3) is 0 Å². The van der Waals surface area contributed by atoms with Gasteiger partial charge in [-0.15, -0.1) is 11.8 Å². The quantitative estimate of drug-likeness (QED) is 0.805. The molecule has 20 heavy (non-hydrogen) atoms. The van der Waals surface area contributed by atoms with Crippen LogP contribution in [0.15, 0.2) is 29.2 Å². The van der Waals surface area contributed by atoms with E-state index in [0.29, 0.717) is 6.54 Å². The Kier molecular flexibility index (Phi) is 5.53. The maximum absolute atomic E-state index is 10.6. The summed E-state index contributed by atoms with van der Waals surface area (Å²) in [6, 6.07) is 8.96. The zero-order valence-electron chi connectivity index (χ0n) is 12.9. The number of thioether (sulfide) groups is 1. The fourth-order valence-electron chi connectivity index (χ4n) is 2.83.